The topological polar surface area (TPSA) is 54.5 Å². The van der Waals surface area contributed by atoms with Gasteiger partial charge in [-0.1, -0.05) is 30.3 Å². The molecule has 2 aromatic carbocycles. The van der Waals surface area contributed by atoms with Crippen LogP contribution in [0.5, 0.6) is 0 Å². The Morgan fingerprint density at radius 3 is 2.46 bits per heavy atom. The average Bonchev–Trinajstić information content (AvgIpc) is 2.80. The summed E-state index contributed by atoms with van der Waals surface area (Å²) in [5.74, 6) is -0.227. The highest BCUT2D eigenvalue weighted by atomic mass is 32.2. The van der Waals surface area contributed by atoms with Crippen molar-refractivity contribution in [2.45, 2.75) is 16.6 Å². The van der Waals surface area contributed by atoms with Crippen LogP contribution in [0.2, 0.25) is 0 Å². The lowest BCUT2D eigenvalue weighted by atomic mass is 10.1. The predicted octanol–water partition coefficient (Wildman–Crippen LogP) is 3.31. The Morgan fingerprint density at radius 1 is 1.08 bits per heavy atom. The van der Waals surface area contributed by atoms with Crippen molar-refractivity contribution in [2.24, 2.45) is 0 Å². The van der Waals surface area contributed by atoms with Crippen LogP contribution in [0.3, 0.4) is 0 Å². The smallest absolute Gasteiger partial charge is 0.232 e. The molecule has 0 aromatic heterocycles. The monoisotopic (exact) mass is 393 g/mol. The number of hydrogen-bond acceptors (Lipinski definition) is 4. The lowest BCUT2D eigenvalue weighted by Crippen LogP contribution is -2.34. The summed E-state index contributed by atoms with van der Waals surface area (Å²) in [6.07, 6.45) is 0.402. The third kappa shape index (κ3) is 4.65. The van der Waals surface area contributed by atoms with Crippen LogP contribution in [0, 0.1) is 5.82 Å². The Labute approximate surface area is 157 Å². The molecular weight excluding hydrogens is 373 g/mol. The quantitative estimate of drug-likeness (QED) is 0.748. The number of nitrogens with zero attached hydrogens (tertiary/aromatic N) is 1. The Hall–Kier alpha value is -1.86. The summed E-state index contributed by atoms with van der Waals surface area (Å²) < 4.78 is 38.1. The second-order valence-electron chi connectivity index (χ2n) is 6.18. The minimum absolute atomic E-state index is 0.0283. The number of carbonyl (C=O) groups is 1. The molecular formula is C19H20FNO3S2. The van der Waals surface area contributed by atoms with Crippen molar-refractivity contribution in [2.75, 3.05) is 24.6 Å². The maximum Gasteiger partial charge on any atom is 0.232 e. The SMILES string of the molecule is O=C(CSc1ccc(F)cc1)N1CC[C@@H](c2ccccc2)S(=O)(=O)CC1. The van der Waals surface area contributed by atoms with E-state index < -0.39 is 15.1 Å². The summed E-state index contributed by atoms with van der Waals surface area (Å²) >= 11 is 1.33. The van der Waals surface area contributed by atoms with E-state index in [4.69, 9.17) is 0 Å². The zero-order chi connectivity index (χ0) is 18.6. The zero-order valence-electron chi connectivity index (χ0n) is 14.2. The number of rotatable bonds is 4. The number of amides is 1. The highest BCUT2D eigenvalue weighted by molar-refractivity contribution is 8.00. The number of carbonyl (C=O) groups excluding carboxylic acids is 1. The molecule has 0 radical (unpaired) electrons. The fourth-order valence-electron chi connectivity index (χ4n) is 3.00. The van der Waals surface area contributed by atoms with Gasteiger partial charge in [0, 0.05) is 18.0 Å². The molecule has 0 saturated carbocycles. The molecule has 138 valence electrons. The summed E-state index contributed by atoms with van der Waals surface area (Å²) in [4.78, 5) is 14.9. The first-order valence-electron chi connectivity index (χ1n) is 8.38. The van der Waals surface area contributed by atoms with Gasteiger partial charge in [0.05, 0.1) is 16.8 Å². The van der Waals surface area contributed by atoms with Crippen molar-refractivity contribution in [3.8, 4) is 0 Å². The second kappa shape index (κ2) is 8.22. The van der Waals surface area contributed by atoms with E-state index in [-0.39, 0.29) is 29.8 Å². The molecule has 3 rings (SSSR count). The minimum Gasteiger partial charge on any atom is -0.341 e. The standard InChI is InChI=1S/C19H20FNO3S2/c20-16-6-8-17(9-7-16)25-14-19(22)21-11-10-18(26(23,24)13-12-21)15-4-2-1-3-5-15/h1-9,18H,10-14H2/t18-/m0/s1. The highest BCUT2D eigenvalue weighted by Crippen LogP contribution is 2.29. The van der Waals surface area contributed by atoms with Gasteiger partial charge in [0.15, 0.2) is 9.84 Å². The first kappa shape index (κ1) is 18.9. The van der Waals surface area contributed by atoms with Gasteiger partial charge in [0.25, 0.3) is 0 Å². The normalized spacial score (nSPS) is 19.7. The Morgan fingerprint density at radius 2 is 1.77 bits per heavy atom. The van der Waals surface area contributed by atoms with Crippen LogP contribution in [0.15, 0.2) is 59.5 Å². The number of sulfone groups is 1. The van der Waals surface area contributed by atoms with Crippen molar-refractivity contribution < 1.29 is 17.6 Å². The van der Waals surface area contributed by atoms with Gasteiger partial charge in [-0.05, 0) is 36.2 Å². The van der Waals surface area contributed by atoms with Gasteiger partial charge in [-0.25, -0.2) is 12.8 Å². The van der Waals surface area contributed by atoms with Crippen LogP contribution in [0.1, 0.15) is 17.2 Å². The molecule has 1 atom stereocenters. The molecule has 0 N–H and O–H groups in total. The fourth-order valence-corrected chi connectivity index (χ4v) is 5.60. The van der Waals surface area contributed by atoms with E-state index in [1.807, 2.05) is 30.3 Å². The molecule has 2 aromatic rings. The fraction of sp³-hybridized carbons (Fsp3) is 0.316. The predicted molar refractivity (Wildman–Crippen MR) is 101 cm³/mol. The Balaban J connectivity index is 1.63. The van der Waals surface area contributed by atoms with Gasteiger partial charge < -0.3 is 4.90 Å². The van der Waals surface area contributed by atoms with E-state index in [1.54, 1.807) is 17.0 Å². The van der Waals surface area contributed by atoms with E-state index in [1.165, 1.54) is 23.9 Å². The van der Waals surface area contributed by atoms with Gasteiger partial charge in [0.1, 0.15) is 5.82 Å². The molecule has 1 aliphatic rings. The molecule has 0 unspecified atom stereocenters. The van der Waals surface area contributed by atoms with E-state index >= 15 is 0 Å². The Bertz CT molecular complexity index is 854. The van der Waals surface area contributed by atoms with Gasteiger partial charge in [-0.3, -0.25) is 4.79 Å². The molecule has 7 heteroatoms. The van der Waals surface area contributed by atoms with Crippen molar-refractivity contribution in [1.82, 2.24) is 4.90 Å². The lowest BCUT2D eigenvalue weighted by Gasteiger charge is -2.19. The molecule has 1 amide bonds. The summed E-state index contributed by atoms with van der Waals surface area (Å²) in [5.41, 5.74) is 0.780. The molecule has 1 fully saturated rings. The number of thioether (sulfide) groups is 1. The highest BCUT2D eigenvalue weighted by Gasteiger charge is 2.32. The third-order valence-corrected chi connectivity index (χ3v) is 7.56. The molecule has 0 aliphatic carbocycles. The molecule has 4 nitrogen and oxygen atoms in total. The van der Waals surface area contributed by atoms with E-state index in [0.29, 0.717) is 13.0 Å². The summed E-state index contributed by atoms with van der Waals surface area (Å²) in [7, 11) is -3.29. The maximum atomic E-state index is 12.9. The Kier molecular flexibility index (Phi) is 5.98. The minimum atomic E-state index is -3.29. The van der Waals surface area contributed by atoms with Crippen LogP contribution in [-0.2, 0) is 14.6 Å². The lowest BCUT2D eigenvalue weighted by molar-refractivity contribution is -0.128. The van der Waals surface area contributed by atoms with Gasteiger partial charge in [0.2, 0.25) is 5.91 Å². The van der Waals surface area contributed by atoms with E-state index in [2.05, 4.69) is 0 Å². The van der Waals surface area contributed by atoms with Crippen LogP contribution in [0.4, 0.5) is 4.39 Å². The van der Waals surface area contributed by atoms with Crippen molar-refractivity contribution in [1.29, 1.82) is 0 Å². The van der Waals surface area contributed by atoms with Crippen LogP contribution in [0.25, 0.3) is 0 Å². The summed E-state index contributed by atoms with van der Waals surface area (Å²) in [6, 6.07) is 15.1. The van der Waals surface area contributed by atoms with Crippen LogP contribution in [-0.4, -0.2) is 43.8 Å². The molecule has 1 saturated heterocycles. The van der Waals surface area contributed by atoms with Gasteiger partial charge >= 0.3 is 0 Å². The maximum absolute atomic E-state index is 12.9. The first-order valence-corrected chi connectivity index (χ1v) is 11.1. The van der Waals surface area contributed by atoms with Gasteiger partial charge in [-0.2, -0.15) is 0 Å². The van der Waals surface area contributed by atoms with Crippen LogP contribution >= 0.6 is 11.8 Å². The molecule has 26 heavy (non-hydrogen) atoms. The largest absolute Gasteiger partial charge is 0.341 e. The second-order valence-corrected chi connectivity index (χ2v) is 9.53. The third-order valence-electron chi connectivity index (χ3n) is 4.44. The van der Waals surface area contributed by atoms with Crippen molar-refractivity contribution in [3.05, 3.63) is 66.0 Å². The summed E-state index contributed by atoms with van der Waals surface area (Å²) in [6.45, 7) is 0.635. The molecule has 1 aliphatic heterocycles. The van der Waals surface area contributed by atoms with Crippen LogP contribution < -0.4 is 0 Å². The molecule has 1 heterocycles. The number of benzene rings is 2. The zero-order valence-corrected chi connectivity index (χ0v) is 15.8. The average molecular weight is 394 g/mol. The van der Waals surface area contributed by atoms with E-state index in [0.717, 1.165) is 10.5 Å². The van der Waals surface area contributed by atoms with Crippen molar-refractivity contribution >= 4 is 27.5 Å². The summed E-state index contributed by atoms with van der Waals surface area (Å²) in [5, 5.41) is -0.564. The van der Waals surface area contributed by atoms with Gasteiger partial charge in [-0.15, -0.1) is 11.8 Å². The number of hydrogen-bond donors (Lipinski definition) is 0. The van der Waals surface area contributed by atoms with Crippen molar-refractivity contribution in [3.63, 3.8) is 0 Å². The number of halogens is 1. The van der Waals surface area contributed by atoms with E-state index in [9.17, 15) is 17.6 Å². The molecule has 0 spiro atoms. The first-order chi connectivity index (χ1) is 12.5. The molecule has 0 bridgehead atoms.